The Bertz CT molecular complexity index is 1400. The number of hydrogen-bond donors (Lipinski definition) is 0. The lowest BCUT2D eigenvalue weighted by atomic mass is 9.93. The molecule has 3 nitrogen and oxygen atoms in total. The van der Waals surface area contributed by atoms with Crippen LogP contribution in [0.2, 0.25) is 0 Å². The fourth-order valence-corrected chi connectivity index (χ4v) is 4.34. The Morgan fingerprint density at radius 1 is 0.964 bits per heavy atom. The molecule has 1 unspecified atom stereocenters. The van der Waals surface area contributed by atoms with Gasteiger partial charge in [0.05, 0.1) is 22.7 Å². The van der Waals surface area contributed by atoms with Gasteiger partial charge in [-0.1, -0.05) is 42.5 Å². The summed E-state index contributed by atoms with van der Waals surface area (Å²) in [6.45, 7) is 0. The summed E-state index contributed by atoms with van der Waals surface area (Å²) in [4.78, 5) is 4.73. The normalized spacial score (nSPS) is 16.5. The van der Waals surface area contributed by atoms with Crippen molar-refractivity contribution in [1.82, 2.24) is 9.55 Å². The molecule has 2 aromatic carbocycles. The van der Waals surface area contributed by atoms with Crippen molar-refractivity contribution in [2.75, 3.05) is 0 Å². The van der Waals surface area contributed by atoms with Crippen LogP contribution in [0.5, 0.6) is 0 Å². The zero-order valence-corrected chi connectivity index (χ0v) is 15.2. The first kappa shape index (κ1) is 15.5. The van der Waals surface area contributed by atoms with Crippen molar-refractivity contribution in [3.05, 3.63) is 96.9 Å². The van der Waals surface area contributed by atoms with Gasteiger partial charge in [0.25, 0.3) is 0 Å². The molecule has 3 heteroatoms. The van der Waals surface area contributed by atoms with E-state index in [2.05, 4.69) is 77.4 Å². The second-order valence-corrected chi connectivity index (χ2v) is 7.25. The molecule has 0 amide bonds. The highest BCUT2D eigenvalue weighted by Gasteiger charge is 2.17. The van der Waals surface area contributed by atoms with Gasteiger partial charge in [-0.3, -0.25) is 4.57 Å². The maximum absolute atomic E-state index is 5.86. The van der Waals surface area contributed by atoms with Crippen LogP contribution in [0.15, 0.2) is 95.8 Å². The first-order chi connectivity index (χ1) is 13.9. The molecule has 3 aromatic heterocycles. The fraction of sp³-hybridized carbons (Fsp3) is 0.0800. The Morgan fingerprint density at radius 2 is 1.93 bits per heavy atom. The summed E-state index contributed by atoms with van der Waals surface area (Å²) < 4.78 is 8.11. The lowest BCUT2D eigenvalue weighted by Crippen LogP contribution is -2.02. The summed E-state index contributed by atoms with van der Waals surface area (Å²) in [5.74, 6) is 1.34. The van der Waals surface area contributed by atoms with E-state index in [1.54, 1.807) is 6.26 Å². The third kappa shape index (κ3) is 2.20. The van der Waals surface area contributed by atoms with Gasteiger partial charge in [-0.15, -0.1) is 0 Å². The first-order valence-corrected chi connectivity index (χ1v) is 9.59. The standard InChI is InChI=1S/C25H18N2O/c1-2-6-17(7-3-1)19-12-14-26-23(16-19)27-21-9-5-4-8-20(21)24-22(27)11-10-18-13-15-28-25(18)24/h1-6,8-17H,7H2. The molecule has 134 valence electrons. The topological polar surface area (TPSA) is 31.0 Å². The molecule has 1 aliphatic carbocycles. The Balaban J connectivity index is 1.66. The van der Waals surface area contributed by atoms with E-state index in [1.807, 2.05) is 12.3 Å². The maximum Gasteiger partial charge on any atom is 0.143 e. The van der Waals surface area contributed by atoms with E-state index < -0.39 is 0 Å². The number of hydrogen-bond acceptors (Lipinski definition) is 2. The maximum atomic E-state index is 5.86. The summed E-state index contributed by atoms with van der Waals surface area (Å²) in [6.07, 6.45) is 13.4. The van der Waals surface area contributed by atoms with E-state index in [0.717, 1.165) is 39.6 Å². The molecule has 3 heterocycles. The van der Waals surface area contributed by atoms with Crippen molar-refractivity contribution >= 4 is 32.8 Å². The number of nitrogens with zero attached hydrogens (tertiary/aromatic N) is 2. The van der Waals surface area contributed by atoms with E-state index in [0.29, 0.717) is 5.92 Å². The number of fused-ring (bicyclic) bond motifs is 5. The number of pyridine rings is 1. The summed E-state index contributed by atoms with van der Waals surface area (Å²) in [6, 6.07) is 19.1. The van der Waals surface area contributed by atoms with Crippen LogP contribution in [0.1, 0.15) is 17.9 Å². The largest absolute Gasteiger partial charge is 0.464 e. The quantitative estimate of drug-likeness (QED) is 0.358. The van der Waals surface area contributed by atoms with E-state index >= 15 is 0 Å². The van der Waals surface area contributed by atoms with Gasteiger partial charge in [0.15, 0.2) is 0 Å². The third-order valence-electron chi connectivity index (χ3n) is 5.66. The van der Waals surface area contributed by atoms with Gasteiger partial charge < -0.3 is 4.42 Å². The zero-order chi connectivity index (χ0) is 18.5. The van der Waals surface area contributed by atoms with Gasteiger partial charge in [-0.2, -0.15) is 0 Å². The monoisotopic (exact) mass is 362 g/mol. The zero-order valence-electron chi connectivity index (χ0n) is 15.2. The van der Waals surface area contributed by atoms with Crippen molar-refractivity contribution in [3.63, 3.8) is 0 Å². The van der Waals surface area contributed by atoms with Crippen molar-refractivity contribution in [2.24, 2.45) is 0 Å². The second kappa shape index (κ2) is 5.96. The molecule has 0 N–H and O–H groups in total. The molecule has 6 rings (SSSR count). The van der Waals surface area contributed by atoms with E-state index in [4.69, 9.17) is 9.40 Å². The fourth-order valence-electron chi connectivity index (χ4n) is 4.34. The van der Waals surface area contributed by atoms with Gasteiger partial charge in [0, 0.05) is 22.9 Å². The molecule has 5 aromatic rings. The summed E-state index contributed by atoms with van der Waals surface area (Å²) >= 11 is 0. The minimum Gasteiger partial charge on any atom is -0.464 e. The minimum absolute atomic E-state index is 0.400. The van der Waals surface area contributed by atoms with Crippen molar-refractivity contribution in [1.29, 1.82) is 0 Å². The Labute approximate surface area is 162 Å². The van der Waals surface area contributed by atoms with Crippen LogP contribution < -0.4 is 0 Å². The highest BCUT2D eigenvalue weighted by Crippen LogP contribution is 2.37. The van der Waals surface area contributed by atoms with Gasteiger partial charge in [0.2, 0.25) is 0 Å². The predicted molar refractivity (Wildman–Crippen MR) is 114 cm³/mol. The highest BCUT2D eigenvalue weighted by atomic mass is 16.3. The molecule has 0 aliphatic heterocycles. The van der Waals surface area contributed by atoms with Crippen LogP contribution in [0.25, 0.3) is 38.6 Å². The van der Waals surface area contributed by atoms with Gasteiger partial charge in [-0.05, 0) is 48.4 Å². The van der Waals surface area contributed by atoms with Crippen LogP contribution >= 0.6 is 0 Å². The Morgan fingerprint density at radius 3 is 2.86 bits per heavy atom. The number of benzene rings is 2. The second-order valence-electron chi connectivity index (χ2n) is 7.25. The van der Waals surface area contributed by atoms with Crippen LogP contribution in [-0.2, 0) is 0 Å². The van der Waals surface area contributed by atoms with Crippen LogP contribution in [-0.4, -0.2) is 9.55 Å². The molecule has 0 saturated heterocycles. The number of allylic oxidation sites excluding steroid dienone is 4. The summed E-state index contributed by atoms with van der Waals surface area (Å²) in [5.41, 5.74) is 4.48. The van der Waals surface area contributed by atoms with E-state index in [-0.39, 0.29) is 0 Å². The third-order valence-corrected chi connectivity index (χ3v) is 5.66. The lowest BCUT2D eigenvalue weighted by Gasteiger charge is -2.15. The highest BCUT2D eigenvalue weighted by molar-refractivity contribution is 6.19. The molecule has 0 bridgehead atoms. The Hall–Kier alpha value is -3.59. The number of para-hydroxylation sites is 1. The Kier molecular flexibility index (Phi) is 3.29. The summed E-state index contributed by atoms with van der Waals surface area (Å²) in [5, 5.41) is 3.45. The average molecular weight is 362 g/mol. The number of rotatable bonds is 2. The number of aromatic nitrogens is 2. The van der Waals surface area contributed by atoms with E-state index in [9.17, 15) is 0 Å². The van der Waals surface area contributed by atoms with Crippen molar-refractivity contribution in [2.45, 2.75) is 12.3 Å². The van der Waals surface area contributed by atoms with Gasteiger partial charge >= 0.3 is 0 Å². The smallest absolute Gasteiger partial charge is 0.143 e. The first-order valence-electron chi connectivity index (χ1n) is 9.59. The van der Waals surface area contributed by atoms with Crippen LogP contribution in [0.4, 0.5) is 0 Å². The molecule has 0 spiro atoms. The van der Waals surface area contributed by atoms with Crippen molar-refractivity contribution in [3.8, 4) is 5.82 Å². The minimum atomic E-state index is 0.400. The molecule has 0 radical (unpaired) electrons. The predicted octanol–water partition coefficient (Wildman–Crippen LogP) is 6.52. The van der Waals surface area contributed by atoms with E-state index in [1.165, 1.54) is 10.9 Å². The van der Waals surface area contributed by atoms with Gasteiger partial charge in [0.1, 0.15) is 11.4 Å². The summed E-state index contributed by atoms with van der Waals surface area (Å²) in [7, 11) is 0. The van der Waals surface area contributed by atoms with Crippen molar-refractivity contribution < 1.29 is 4.42 Å². The van der Waals surface area contributed by atoms with Crippen LogP contribution in [0, 0.1) is 0 Å². The van der Waals surface area contributed by atoms with Crippen LogP contribution in [0.3, 0.4) is 0 Å². The van der Waals surface area contributed by atoms with Gasteiger partial charge in [-0.25, -0.2) is 4.98 Å². The molecule has 1 atom stereocenters. The molecule has 0 saturated carbocycles. The molecule has 0 fully saturated rings. The molecule has 1 aliphatic rings. The lowest BCUT2D eigenvalue weighted by molar-refractivity contribution is 0.619. The SMILES string of the molecule is C1=CCC(c2ccnc(-n3c4ccccc4c4c5occc5ccc43)c2)C=C1. The average Bonchev–Trinajstić information content (AvgIpc) is 3.36. The molecular formula is C25H18N2O. The molecular weight excluding hydrogens is 344 g/mol. The number of furan rings is 1. The molecule has 28 heavy (non-hydrogen) atoms.